The minimum Gasteiger partial charge on any atom is -0.469 e. The predicted octanol–water partition coefficient (Wildman–Crippen LogP) is 4.39. The number of aryl methyl sites for hydroxylation is 1. The van der Waals surface area contributed by atoms with Gasteiger partial charge in [-0.05, 0) is 43.7 Å². The number of rotatable bonds is 4. The Kier molecular flexibility index (Phi) is 3.89. The van der Waals surface area contributed by atoms with Crippen LogP contribution in [-0.2, 0) is 6.42 Å². The van der Waals surface area contributed by atoms with Crippen molar-refractivity contribution in [2.24, 2.45) is 0 Å². The van der Waals surface area contributed by atoms with Gasteiger partial charge in [-0.15, -0.1) is 0 Å². The molecule has 17 heavy (non-hydrogen) atoms. The molecular formula is C14H16BrNO. The molecule has 1 atom stereocenters. The van der Waals surface area contributed by atoms with E-state index in [1.165, 1.54) is 5.56 Å². The zero-order valence-electron chi connectivity index (χ0n) is 10.0. The minimum absolute atomic E-state index is 0.343. The van der Waals surface area contributed by atoms with Crippen molar-refractivity contribution in [2.75, 3.05) is 5.32 Å². The summed E-state index contributed by atoms with van der Waals surface area (Å²) in [5.74, 6) is 1.01. The van der Waals surface area contributed by atoms with Crippen molar-refractivity contribution in [3.8, 4) is 0 Å². The normalized spacial score (nSPS) is 12.4. The van der Waals surface area contributed by atoms with Gasteiger partial charge in [-0.3, -0.25) is 0 Å². The van der Waals surface area contributed by atoms with Gasteiger partial charge in [-0.25, -0.2) is 0 Å². The fourth-order valence-corrected chi connectivity index (χ4v) is 2.13. The number of benzene rings is 1. The Bertz CT molecular complexity index is 479. The molecule has 0 amide bonds. The first-order valence-corrected chi connectivity index (χ1v) is 6.49. The molecular weight excluding hydrogens is 278 g/mol. The van der Waals surface area contributed by atoms with Gasteiger partial charge in [0, 0.05) is 22.6 Å². The summed E-state index contributed by atoms with van der Waals surface area (Å²) in [5, 5.41) is 3.46. The van der Waals surface area contributed by atoms with Crippen LogP contribution >= 0.6 is 15.9 Å². The molecule has 0 aliphatic carbocycles. The van der Waals surface area contributed by atoms with E-state index in [4.69, 9.17) is 4.42 Å². The summed E-state index contributed by atoms with van der Waals surface area (Å²) in [6, 6.07) is 10.6. The van der Waals surface area contributed by atoms with Crippen molar-refractivity contribution in [1.82, 2.24) is 0 Å². The van der Waals surface area contributed by atoms with Crippen molar-refractivity contribution in [2.45, 2.75) is 26.3 Å². The second-order valence-electron chi connectivity index (χ2n) is 4.29. The largest absolute Gasteiger partial charge is 0.469 e. The third kappa shape index (κ3) is 3.37. The van der Waals surface area contributed by atoms with Crippen molar-refractivity contribution >= 4 is 21.6 Å². The maximum atomic E-state index is 5.34. The molecule has 0 aliphatic rings. The smallest absolute Gasteiger partial charge is 0.105 e. The van der Waals surface area contributed by atoms with Gasteiger partial charge in [-0.2, -0.15) is 0 Å². The Morgan fingerprint density at radius 1 is 1.35 bits per heavy atom. The van der Waals surface area contributed by atoms with Gasteiger partial charge in [-0.1, -0.05) is 22.0 Å². The number of anilines is 1. The highest BCUT2D eigenvalue weighted by molar-refractivity contribution is 9.10. The first kappa shape index (κ1) is 12.2. The molecule has 0 aliphatic heterocycles. The van der Waals surface area contributed by atoms with Gasteiger partial charge in [0.15, 0.2) is 0 Å². The summed E-state index contributed by atoms with van der Waals surface area (Å²) < 4.78 is 6.47. The first-order valence-electron chi connectivity index (χ1n) is 5.70. The highest BCUT2D eigenvalue weighted by Crippen LogP contribution is 2.21. The molecule has 2 aromatic rings. The lowest BCUT2D eigenvalue weighted by Crippen LogP contribution is -2.17. The van der Waals surface area contributed by atoms with E-state index in [9.17, 15) is 0 Å². The summed E-state index contributed by atoms with van der Waals surface area (Å²) in [4.78, 5) is 0. The van der Waals surface area contributed by atoms with Gasteiger partial charge in [0.05, 0.1) is 6.26 Å². The molecule has 2 rings (SSSR count). The monoisotopic (exact) mass is 293 g/mol. The quantitative estimate of drug-likeness (QED) is 0.904. The molecule has 1 aromatic carbocycles. The van der Waals surface area contributed by atoms with Crippen LogP contribution in [0.25, 0.3) is 0 Å². The highest BCUT2D eigenvalue weighted by Gasteiger charge is 2.06. The van der Waals surface area contributed by atoms with E-state index >= 15 is 0 Å². The van der Waals surface area contributed by atoms with Crippen LogP contribution in [0.1, 0.15) is 18.2 Å². The molecule has 1 aromatic heterocycles. The van der Waals surface area contributed by atoms with Crippen LogP contribution in [0, 0.1) is 6.92 Å². The number of halogens is 1. The third-order valence-corrected chi connectivity index (χ3v) is 3.53. The maximum absolute atomic E-state index is 5.34. The number of nitrogens with one attached hydrogen (secondary N) is 1. The second kappa shape index (κ2) is 5.41. The van der Waals surface area contributed by atoms with Crippen LogP contribution in [0.3, 0.4) is 0 Å². The molecule has 3 heteroatoms. The molecule has 1 unspecified atom stereocenters. The molecule has 0 radical (unpaired) electrons. The van der Waals surface area contributed by atoms with Crippen molar-refractivity contribution in [1.29, 1.82) is 0 Å². The Balaban J connectivity index is 1.98. The van der Waals surface area contributed by atoms with E-state index in [0.29, 0.717) is 6.04 Å². The van der Waals surface area contributed by atoms with Crippen LogP contribution in [-0.4, -0.2) is 6.04 Å². The Morgan fingerprint density at radius 3 is 2.82 bits per heavy atom. The van der Waals surface area contributed by atoms with Crippen molar-refractivity contribution in [3.63, 3.8) is 0 Å². The Morgan fingerprint density at radius 2 is 2.18 bits per heavy atom. The molecule has 0 spiro atoms. The third-order valence-electron chi connectivity index (χ3n) is 2.67. The van der Waals surface area contributed by atoms with Crippen LogP contribution < -0.4 is 5.32 Å². The average molecular weight is 294 g/mol. The van der Waals surface area contributed by atoms with Crippen LogP contribution in [0.2, 0.25) is 0 Å². The van der Waals surface area contributed by atoms with Gasteiger partial charge < -0.3 is 9.73 Å². The molecule has 1 N–H and O–H groups in total. The lowest BCUT2D eigenvalue weighted by Gasteiger charge is -2.14. The fourth-order valence-electron chi connectivity index (χ4n) is 1.75. The van der Waals surface area contributed by atoms with Crippen molar-refractivity contribution < 1.29 is 4.42 Å². The van der Waals surface area contributed by atoms with E-state index < -0.39 is 0 Å². The van der Waals surface area contributed by atoms with E-state index in [2.05, 4.69) is 53.3 Å². The van der Waals surface area contributed by atoms with Crippen LogP contribution in [0.4, 0.5) is 5.69 Å². The first-order chi connectivity index (χ1) is 8.15. The summed E-state index contributed by atoms with van der Waals surface area (Å²) in [6.07, 6.45) is 2.60. The lowest BCUT2D eigenvalue weighted by molar-refractivity contribution is 0.498. The van der Waals surface area contributed by atoms with Crippen molar-refractivity contribution in [3.05, 3.63) is 52.4 Å². The van der Waals surface area contributed by atoms with Crippen LogP contribution in [0.15, 0.2) is 45.5 Å². The summed E-state index contributed by atoms with van der Waals surface area (Å²) in [5.41, 5.74) is 2.37. The minimum atomic E-state index is 0.343. The second-order valence-corrected chi connectivity index (χ2v) is 5.15. The molecule has 0 bridgehead atoms. The Labute approximate surface area is 110 Å². The average Bonchev–Trinajstić information content (AvgIpc) is 2.76. The van der Waals surface area contributed by atoms with Gasteiger partial charge in [0.25, 0.3) is 0 Å². The fraction of sp³-hybridized carbons (Fsp3) is 0.286. The molecule has 2 nitrogen and oxygen atoms in total. The summed E-state index contributed by atoms with van der Waals surface area (Å²) >= 11 is 3.54. The standard InChI is InChI=1S/C14H16BrNO/c1-10-5-6-12(9-14(10)15)16-11(2)8-13-4-3-7-17-13/h3-7,9,11,16H,8H2,1-2H3. The number of hydrogen-bond acceptors (Lipinski definition) is 2. The van der Waals surface area contributed by atoms with E-state index in [1.807, 2.05) is 12.1 Å². The van der Waals surface area contributed by atoms with E-state index in [1.54, 1.807) is 6.26 Å². The molecule has 0 saturated carbocycles. The lowest BCUT2D eigenvalue weighted by atomic mass is 10.1. The van der Waals surface area contributed by atoms with Gasteiger partial charge >= 0.3 is 0 Å². The topological polar surface area (TPSA) is 25.2 Å². The number of hydrogen-bond donors (Lipinski definition) is 1. The predicted molar refractivity (Wildman–Crippen MR) is 74.4 cm³/mol. The molecule has 0 saturated heterocycles. The molecule has 1 heterocycles. The molecule has 90 valence electrons. The zero-order valence-corrected chi connectivity index (χ0v) is 11.6. The number of furan rings is 1. The molecule has 0 fully saturated rings. The Hall–Kier alpha value is -1.22. The summed E-state index contributed by atoms with van der Waals surface area (Å²) in [7, 11) is 0. The van der Waals surface area contributed by atoms with E-state index in [0.717, 1.165) is 22.3 Å². The van der Waals surface area contributed by atoms with E-state index in [-0.39, 0.29) is 0 Å². The summed E-state index contributed by atoms with van der Waals surface area (Å²) in [6.45, 7) is 4.23. The van der Waals surface area contributed by atoms with Gasteiger partial charge in [0.1, 0.15) is 5.76 Å². The SMILES string of the molecule is Cc1ccc(NC(C)Cc2ccco2)cc1Br. The highest BCUT2D eigenvalue weighted by atomic mass is 79.9. The zero-order chi connectivity index (χ0) is 12.3. The maximum Gasteiger partial charge on any atom is 0.105 e. The van der Waals surface area contributed by atoms with Gasteiger partial charge in [0.2, 0.25) is 0 Å². The van der Waals surface area contributed by atoms with Crippen LogP contribution in [0.5, 0.6) is 0 Å².